The second-order valence-electron chi connectivity index (χ2n) is 11.6. The first-order chi connectivity index (χ1) is 15.8. The van der Waals surface area contributed by atoms with Crippen molar-refractivity contribution in [3.8, 4) is 0 Å². The monoisotopic (exact) mass is 502 g/mol. The molecule has 0 aromatic carbocycles. The third-order valence-electron chi connectivity index (χ3n) is 8.58. The quantitative estimate of drug-likeness (QED) is 0.443. The number of hydrogen-bond acceptors (Lipinski definition) is 7. The van der Waals surface area contributed by atoms with Crippen molar-refractivity contribution in [1.29, 1.82) is 0 Å². The fraction of sp³-hybridized carbons (Fsp3) is 0.889. The molecule has 0 aliphatic carbocycles. The van der Waals surface area contributed by atoms with Gasteiger partial charge in [0.25, 0.3) is 5.67 Å². The summed E-state index contributed by atoms with van der Waals surface area (Å²) in [5, 5.41) is 22.1. The first-order valence-corrected chi connectivity index (χ1v) is 12.7. The van der Waals surface area contributed by atoms with Crippen LogP contribution < -0.4 is 0 Å². The van der Waals surface area contributed by atoms with E-state index in [1.54, 1.807) is 27.7 Å². The highest BCUT2D eigenvalue weighted by Gasteiger charge is 2.55. The van der Waals surface area contributed by atoms with Crippen molar-refractivity contribution in [2.75, 3.05) is 7.11 Å². The lowest BCUT2D eigenvalue weighted by Gasteiger charge is -2.46. The maximum atomic E-state index is 15.9. The zero-order valence-electron chi connectivity index (χ0n) is 23.3. The van der Waals surface area contributed by atoms with Crippen molar-refractivity contribution < 1.29 is 38.5 Å². The minimum Gasteiger partial charge on any atom is -0.457 e. The molecule has 0 aromatic heterocycles. The molecule has 7 nitrogen and oxygen atoms in total. The van der Waals surface area contributed by atoms with Gasteiger partial charge in [-0.1, -0.05) is 48.5 Å². The molecule has 35 heavy (non-hydrogen) atoms. The summed E-state index contributed by atoms with van der Waals surface area (Å²) >= 11 is 0. The number of rotatable bonds is 4. The third kappa shape index (κ3) is 6.13. The molecule has 0 amide bonds. The van der Waals surface area contributed by atoms with Gasteiger partial charge in [-0.15, -0.1) is 0 Å². The molecule has 0 saturated carbocycles. The zero-order chi connectivity index (χ0) is 27.7. The van der Waals surface area contributed by atoms with Crippen molar-refractivity contribution >= 4 is 17.5 Å². The number of aliphatic hydroxyl groups is 2. The highest BCUT2D eigenvalue weighted by Crippen LogP contribution is 2.44. The molecule has 2 N–H and O–H groups in total. The minimum absolute atomic E-state index is 0.0425. The van der Waals surface area contributed by atoms with Crippen LogP contribution in [0.4, 0.5) is 4.39 Å². The van der Waals surface area contributed by atoms with E-state index in [-0.39, 0.29) is 30.5 Å². The van der Waals surface area contributed by atoms with Gasteiger partial charge in [0.2, 0.25) is 0 Å². The molecule has 1 unspecified atom stereocenters. The Balaban J connectivity index is 3.79. The number of ketones is 2. The fourth-order valence-electron chi connectivity index (χ4n) is 5.87. The van der Waals surface area contributed by atoms with E-state index >= 15 is 4.39 Å². The normalized spacial score (nSPS) is 43.6. The first kappa shape index (κ1) is 31.6. The summed E-state index contributed by atoms with van der Waals surface area (Å²) in [5.74, 6) is -5.71. The van der Waals surface area contributed by atoms with Gasteiger partial charge >= 0.3 is 5.97 Å². The van der Waals surface area contributed by atoms with Crippen LogP contribution in [0.15, 0.2) is 0 Å². The van der Waals surface area contributed by atoms with Gasteiger partial charge in [0.05, 0.1) is 11.7 Å². The minimum atomic E-state index is -2.98. The Morgan fingerprint density at radius 1 is 1.09 bits per heavy atom. The number of ether oxygens (including phenoxy) is 2. The number of alkyl halides is 1. The smallest absolute Gasteiger partial charge is 0.351 e. The molecule has 0 aromatic rings. The second kappa shape index (κ2) is 11.3. The van der Waals surface area contributed by atoms with Crippen LogP contribution in [0.5, 0.6) is 0 Å². The predicted octanol–water partition coefficient (Wildman–Crippen LogP) is 3.91. The van der Waals surface area contributed by atoms with Crippen LogP contribution in [0.25, 0.3) is 0 Å². The molecule has 0 spiro atoms. The largest absolute Gasteiger partial charge is 0.457 e. The average molecular weight is 503 g/mol. The topological polar surface area (TPSA) is 110 Å². The number of hydrogen-bond donors (Lipinski definition) is 2. The van der Waals surface area contributed by atoms with Crippen LogP contribution in [0, 0.1) is 35.5 Å². The number of esters is 1. The Morgan fingerprint density at radius 3 is 2.03 bits per heavy atom. The molecule has 1 rings (SSSR count). The van der Waals surface area contributed by atoms with Gasteiger partial charge in [-0.2, -0.15) is 0 Å². The van der Waals surface area contributed by atoms with E-state index in [9.17, 15) is 24.6 Å². The molecule has 0 bridgehead atoms. The molecule has 1 aliphatic heterocycles. The van der Waals surface area contributed by atoms with E-state index < -0.39 is 64.5 Å². The Hall–Kier alpha value is -1.38. The summed E-state index contributed by atoms with van der Waals surface area (Å²) in [6.07, 6.45) is -2.66. The highest BCUT2D eigenvalue weighted by molar-refractivity contribution is 6.07. The van der Waals surface area contributed by atoms with Gasteiger partial charge in [0.15, 0.2) is 5.78 Å². The van der Waals surface area contributed by atoms with E-state index in [0.29, 0.717) is 0 Å². The van der Waals surface area contributed by atoms with Gasteiger partial charge in [0, 0.05) is 30.8 Å². The van der Waals surface area contributed by atoms with Gasteiger partial charge in [-0.25, -0.2) is 9.18 Å². The fourth-order valence-corrected chi connectivity index (χ4v) is 5.87. The maximum Gasteiger partial charge on any atom is 0.351 e. The lowest BCUT2D eigenvalue weighted by molar-refractivity contribution is -0.197. The van der Waals surface area contributed by atoms with Crippen LogP contribution in [0.1, 0.15) is 82.1 Å². The van der Waals surface area contributed by atoms with E-state index in [2.05, 4.69) is 0 Å². The number of Topliss-reactive ketones (excluding diaryl/α,β-unsaturated/α-hetero) is 2. The van der Waals surface area contributed by atoms with E-state index in [1.165, 1.54) is 21.0 Å². The standard InChI is InChI=1S/C27H47FO7/c1-12-19-27(10,33)23(31)18(7)21(29)15(4)13-25(8,34-11)20(16(5)14(2)3)17(6)22(30)26(9,28)24(32)35-19/h14-20,23,31,33H,12-13H2,1-11H3/t15-,16?,17-,18+,19-,20-,23-,25-,26+,27-/m1/s1. The summed E-state index contributed by atoms with van der Waals surface area (Å²) in [4.78, 5) is 39.8. The second-order valence-corrected chi connectivity index (χ2v) is 11.6. The molecule has 10 atom stereocenters. The predicted molar refractivity (Wildman–Crippen MR) is 131 cm³/mol. The lowest BCUT2D eigenvalue weighted by atomic mass is 9.63. The van der Waals surface area contributed by atoms with E-state index in [1.807, 2.05) is 20.8 Å². The molecule has 1 fully saturated rings. The van der Waals surface area contributed by atoms with Crippen LogP contribution in [0.3, 0.4) is 0 Å². The molecule has 1 aliphatic rings. The van der Waals surface area contributed by atoms with Crippen molar-refractivity contribution in [2.24, 2.45) is 35.5 Å². The third-order valence-corrected chi connectivity index (χ3v) is 8.58. The SMILES string of the molecule is CC[C@H]1OC(=O)[C@@](C)(F)C(=O)[C@H](C)[C@@H](C(C)C(C)C)[C@](C)(OC)C[C@@H](C)C(=O)[C@H](C)[C@@H](O)[C@]1(C)O. The van der Waals surface area contributed by atoms with Crippen LogP contribution in [-0.4, -0.2) is 63.9 Å². The highest BCUT2D eigenvalue weighted by atomic mass is 19.1. The molecular formula is C27H47FO7. The Morgan fingerprint density at radius 2 is 1.60 bits per heavy atom. The Labute approximate surface area is 210 Å². The van der Waals surface area contributed by atoms with Crippen LogP contribution >= 0.6 is 0 Å². The van der Waals surface area contributed by atoms with E-state index in [4.69, 9.17) is 9.47 Å². The summed E-state index contributed by atoms with van der Waals surface area (Å²) < 4.78 is 27.1. The maximum absolute atomic E-state index is 15.9. The number of methoxy groups -OCH3 is 1. The van der Waals surface area contributed by atoms with E-state index in [0.717, 1.165) is 6.92 Å². The molecular weight excluding hydrogens is 455 g/mol. The lowest BCUT2D eigenvalue weighted by Crippen LogP contribution is -2.58. The zero-order valence-corrected chi connectivity index (χ0v) is 23.3. The van der Waals surface area contributed by atoms with Crippen molar-refractivity contribution in [3.05, 3.63) is 0 Å². The van der Waals surface area contributed by atoms with Crippen molar-refractivity contribution in [2.45, 2.75) is 111 Å². The number of halogens is 1. The number of cyclic esters (lactones) is 1. The number of aliphatic hydroxyl groups excluding tert-OH is 1. The first-order valence-electron chi connectivity index (χ1n) is 12.7. The molecule has 0 radical (unpaired) electrons. The molecule has 1 saturated heterocycles. The van der Waals surface area contributed by atoms with Gasteiger partial charge in [-0.3, -0.25) is 9.59 Å². The van der Waals surface area contributed by atoms with Gasteiger partial charge < -0.3 is 19.7 Å². The van der Waals surface area contributed by atoms with Crippen molar-refractivity contribution in [3.63, 3.8) is 0 Å². The van der Waals surface area contributed by atoms with Crippen molar-refractivity contribution in [1.82, 2.24) is 0 Å². The molecule has 8 heteroatoms. The summed E-state index contributed by atoms with van der Waals surface area (Å²) in [6, 6.07) is 0. The number of carbonyl (C=O) groups excluding carboxylic acids is 3. The molecule has 1 heterocycles. The summed E-state index contributed by atoms with van der Waals surface area (Å²) in [5.41, 5.74) is -6.04. The molecule has 204 valence electrons. The Kier molecular flexibility index (Phi) is 10.3. The van der Waals surface area contributed by atoms with Gasteiger partial charge in [0.1, 0.15) is 17.5 Å². The van der Waals surface area contributed by atoms with Crippen LogP contribution in [0.2, 0.25) is 0 Å². The Bertz CT molecular complexity index is 777. The van der Waals surface area contributed by atoms with Crippen LogP contribution in [-0.2, 0) is 23.9 Å². The summed E-state index contributed by atoms with van der Waals surface area (Å²) in [7, 11) is 1.50. The average Bonchev–Trinajstić information content (AvgIpc) is 2.78. The summed E-state index contributed by atoms with van der Waals surface area (Å²) in [6.45, 7) is 16.3. The van der Waals surface area contributed by atoms with Gasteiger partial charge in [-0.05, 0) is 45.4 Å². The number of carbonyl (C=O) groups is 3.